The smallest absolute Gasteiger partial charge is 0.0620 e. The van der Waals surface area contributed by atoms with Gasteiger partial charge < -0.3 is 10.1 Å². The summed E-state index contributed by atoms with van der Waals surface area (Å²) in [7, 11) is 0. The molecule has 1 N–H and O–H groups in total. The standard InChI is InChI=1S/C9H19NO/c1-9(2,3)6-8-7-11-5-4-10-8/h8,10H,4-7H2,1-3H3. The number of nitrogens with one attached hydrogen (secondary N) is 1. The van der Waals surface area contributed by atoms with Crippen LogP contribution in [0.25, 0.3) is 0 Å². The van der Waals surface area contributed by atoms with Crippen molar-refractivity contribution in [3.8, 4) is 0 Å². The molecule has 1 saturated heterocycles. The molecule has 1 fully saturated rings. The van der Waals surface area contributed by atoms with Crippen LogP contribution in [0.1, 0.15) is 27.2 Å². The first-order valence-corrected chi connectivity index (χ1v) is 4.39. The van der Waals surface area contributed by atoms with Crippen LogP contribution in [-0.4, -0.2) is 25.8 Å². The van der Waals surface area contributed by atoms with Crippen LogP contribution in [0, 0.1) is 5.41 Å². The fourth-order valence-electron chi connectivity index (χ4n) is 1.49. The molecule has 0 aromatic heterocycles. The summed E-state index contributed by atoms with van der Waals surface area (Å²) in [4.78, 5) is 0. The Bertz CT molecular complexity index is 111. The van der Waals surface area contributed by atoms with Gasteiger partial charge in [0, 0.05) is 12.6 Å². The lowest BCUT2D eigenvalue weighted by Crippen LogP contribution is -2.43. The number of rotatable bonds is 1. The molecule has 2 nitrogen and oxygen atoms in total. The molecule has 11 heavy (non-hydrogen) atoms. The molecule has 0 aromatic rings. The zero-order valence-electron chi connectivity index (χ0n) is 7.81. The SMILES string of the molecule is CC(C)(C)CC1COCCN1. The second kappa shape index (κ2) is 3.55. The fraction of sp³-hybridized carbons (Fsp3) is 1.00. The number of hydrogen-bond donors (Lipinski definition) is 1. The van der Waals surface area contributed by atoms with Gasteiger partial charge in [0.1, 0.15) is 0 Å². The zero-order chi connectivity index (χ0) is 8.32. The van der Waals surface area contributed by atoms with Crippen molar-refractivity contribution in [2.24, 2.45) is 5.41 Å². The van der Waals surface area contributed by atoms with Crippen molar-refractivity contribution in [1.82, 2.24) is 5.32 Å². The summed E-state index contributed by atoms with van der Waals surface area (Å²) in [5.41, 5.74) is 0.415. The molecular formula is C9H19NO. The number of hydrogen-bond acceptors (Lipinski definition) is 2. The quantitative estimate of drug-likeness (QED) is 0.621. The summed E-state index contributed by atoms with van der Waals surface area (Å²) in [5, 5.41) is 3.45. The van der Waals surface area contributed by atoms with Crippen molar-refractivity contribution in [1.29, 1.82) is 0 Å². The first-order chi connectivity index (χ1) is 5.08. The minimum Gasteiger partial charge on any atom is -0.379 e. The molecule has 1 aliphatic heterocycles. The molecule has 0 amide bonds. The van der Waals surface area contributed by atoms with E-state index in [9.17, 15) is 0 Å². The maximum Gasteiger partial charge on any atom is 0.0620 e. The average molecular weight is 157 g/mol. The van der Waals surface area contributed by atoms with E-state index >= 15 is 0 Å². The van der Waals surface area contributed by atoms with Crippen molar-refractivity contribution in [3.05, 3.63) is 0 Å². The van der Waals surface area contributed by atoms with E-state index in [0.717, 1.165) is 19.8 Å². The van der Waals surface area contributed by atoms with Crippen molar-refractivity contribution in [2.45, 2.75) is 33.2 Å². The molecule has 2 heteroatoms. The third-order valence-corrected chi connectivity index (χ3v) is 1.86. The first-order valence-electron chi connectivity index (χ1n) is 4.39. The van der Waals surface area contributed by atoms with E-state index in [1.807, 2.05) is 0 Å². The Labute approximate surface area is 69.3 Å². The van der Waals surface area contributed by atoms with Crippen LogP contribution in [0.2, 0.25) is 0 Å². The molecular weight excluding hydrogens is 138 g/mol. The molecule has 0 spiro atoms. The molecule has 0 aromatic carbocycles. The second-order valence-corrected chi connectivity index (χ2v) is 4.49. The van der Waals surface area contributed by atoms with Gasteiger partial charge in [-0.05, 0) is 11.8 Å². The van der Waals surface area contributed by atoms with Gasteiger partial charge in [0.2, 0.25) is 0 Å². The van der Waals surface area contributed by atoms with Gasteiger partial charge in [-0.15, -0.1) is 0 Å². The molecule has 0 aliphatic carbocycles. The van der Waals surface area contributed by atoms with E-state index in [2.05, 4.69) is 26.1 Å². The van der Waals surface area contributed by atoms with E-state index in [4.69, 9.17) is 4.74 Å². The lowest BCUT2D eigenvalue weighted by molar-refractivity contribution is 0.0628. The Morgan fingerprint density at radius 3 is 2.64 bits per heavy atom. The van der Waals surface area contributed by atoms with Crippen LogP contribution in [0.5, 0.6) is 0 Å². The lowest BCUT2D eigenvalue weighted by Gasteiger charge is -2.29. The van der Waals surface area contributed by atoms with Crippen LogP contribution < -0.4 is 5.32 Å². The molecule has 1 aliphatic rings. The van der Waals surface area contributed by atoms with Crippen LogP contribution in [0.4, 0.5) is 0 Å². The second-order valence-electron chi connectivity index (χ2n) is 4.49. The Morgan fingerprint density at radius 1 is 1.45 bits per heavy atom. The summed E-state index contributed by atoms with van der Waals surface area (Å²) in [6.45, 7) is 9.58. The molecule has 1 atom stereocenters. The van der Waals surface area contributed by atoms with Crippen LogP contribution in [0.3, 0.4) is 0 Å². The van der Waals surface area contributed by atoms with Gasteiger partial charge in [-0.2, -0.15) is 0 Å². The summed E-state index contributed by atoms with van der Waals surface area (Å²) in [5.74, 6) is 0. The summed E-state index contributed by atoms with van der Waals surface area (Å²) in [6, 6.07) is 0.573. The summed E-state index contributed by atoms with van der Waals surface area (Å²) >= 11 is 0. The van der Waals surface area contributed by atoms with Crippen LogP contribution in [0.15, 0.2) is 0 Å². The third kappa shape index (κ3) is 3.73. The van der Waals surface area contributed by atoms with Gasteiger partial charge in [0.05, 0.1) is 13.2 Å². The van der Waals surface area contributed by atoms with E-state index in [1.54, 1.807) is 0 Å². The monoisotopic (exact) mass is 157 g/mol. The molecule has 1 unspecified atom stereocenters. The Kier molecular flexibility index (Phi) is 2.90. The molecule has 0 radical (unpaired) electrons. The number of ether oxygens (including phenoxy) is 1. The molecule has 1 rings (SSSR count). The van der Waals surface area contributed by atoms with Gasteiger partial charge in [-0.1, -0.05) is 20.8 Å². The molecule has 1 heterocycles. The Hall–Kier alpha value is -0.0800. The lowest BCUT2D eigenvalue weighted by atomic mass is 9.88. The topological polar surface area (TPSA) is 21.3 Å². The highest BCUT2D eigenvalue weighted by atomic mass is 16.5. The maximum atomic E-state index is 5.37. The molecule has 0 saturated carbocycles. The minimum absolute atomic E-state index is 0.415. The van der Waals surface area contributed by atoms with Crippen LogP contribution >= 0.6 is 0 Å². The normalized spacial score (nSPS) is 27.0. The summed E-state index contributed by atoms with van der Waals surface area (Å²) in [6.07, 6.45) is 1.20. The van der Waals surface area contributed by atoms with Gasteiger partial charge in [0.15, 0.2) is 0 Å². The predicted molar refractivity (Wildman–Crippen MR) is 46.7 cm³/mol. The van der Waals surface area contributed by atoms with E-state index in [1.165, 1.54) is 6.42 Å². The number of morpholine rings is 1. The average Bonchev–Trinajstić information content (AvgIpc) is 1.85. The summed E-state index contributed by atoms with van der Waals surface area (Å²) < 4.78 is 5.37. The van der Waals surface area contributed by atoms with Crippen molar-refractivity contribution in [2.75, 3.05) is 19.8 Å². The van der Waals surface area contributed by atoms with Crippen molar-refractivity contribution < 1.29 is 4.74 Å². The maximum absolute atomic E-state index is 5.37. The van der Waals surface area contributed by atoms with Crippen molar-refractivity contribution >= 4 is 0 Å². The van der Waals surface area contributed by atoms with Gasteiger partial charge in [0.25, 0.3) is 0 Å². The van der Waals surface area contributed by atoms with E-state index in [-0.39, 0.29) is 0 Å². The predicted octanol–water partition coefficient (Wildman–Crippen LogP) is 1.41. The van der Waals surface area contributed by atoms with Crippen molar-refractivity contribution in [3.63, 3.8) is 0 Å². The third-order valence-electron chi connectivity index (χ3n) is 1.86. The van der Waals surface area contributed by atoms with E-state index in [0.29, 0.717) is 11.5 Å². The largest absolute Gasteiger partial charge is 0.379 e. The highest BCUT2D eigenvalue weighted by Gasteiger charge is 2.20. The van der Waals surface area contributed by atoms with Gasteiger partial charge in [-0.25, -0.2) is 0 Å². The van der Waals surface area contributed by atoms with Gasteiger partial charge >= 0.3 is 0 Å². The van der Waals surface area contributed by atoms with Crippen LogP contribution in [-0.2, 0) is 4.74 Å². The molecule has 0 bridgehead atoms. The highest BCUT2D eigenvalue weighted by molar-refractivity contribution is 4.76. The minimum atomic E-state index is 0.415. The Morgan fingerprint density at radius 2 is 2.18 bits per heavy atom. The van der Waals surface area contributed by atoms with E-state index < -0.39 is 0 Å². The first kappa shape index (κ1) is 9.01. The highest BCUT2D eigenvalue weighted by Crippen LogP contribution is 2.21. The molecule has 66 valence electrons. The Balaban J connectivity index is 2.24. The van der Waals surface area contributed by atoms with Gasteiger partial charge in [-0.3, -0.25) is 0 Å². The fourth-order valence-corrected chi connectivity index (χ4v) is 1.49. The zero-order valence-corrected chi connectivity index (χ0v) is 7.81.